The van der Waals surface area contributed by atoms with E-state index in [-0.39, 0.29) is 5.91 Å². The lowest BCUT2D eigenvalue weighted by Crippen LogP contribution is -2.31. The van der Waals surface area contributed by atoms with Crippen molar-refractivity contribution in [1.82, 2.24) is 19.7 Å². The molecule has 1 atom stereocenters. The first-order valence-corrected chi connectivity index (χ1v) is 11.0. The van der Waals surface area contributed by atoms with Crippen molar-refractivity contribution in [2.24, 2.45) is 0 Å². The lowest BCUT2D eigenvalue weighted by Gasteiger charge is -2.28. The molecule has 2 aromatic carbocycles. The minimum atomic E-state index is -0.519. The molecule has 4 aromatic rings. The molecule has 9 heteroatoms. The van der Waals surface area contributed by atoms with Crippen LogP contribution in [-0.2, 0) is 4.79 Å². The molecule has 5 rings (SSSR count). The number of nitrogens with one attached hydrogen (secondary N) is 2. The summed E-state index contributed by atoms with van der Waals surface area (Å²) >= 11 is 6.18. The van der Waals surface area contributed by atoms with Crippen LogP contribution in [0.3, 0.4) is 0 Å². The van der Waals surface area contributed by atoms with Gasteiger partial charge in [0.15, 0.2) is 5.82 Å². The van der Waals surface area contributed by atoms with Crippen LogP contribution in [0, 0.1) is 0 Å². The predicted octanol–water partition coefficient (Wildman–Crippen LogP) is 4.93. The number of rotatable bonds is 5. The molecule has 0 bridgehead atoms. The monoisotopic (exact) mass is 472 g/mol. The number of hydrogen-bond donors (Lipinski definition) is 2. The van der Waals surface area contributed by atoms with Gasteiger partial charge >= 0.3 is 0 Å². The fraction of sp³-hybridized carbons (Fsp3) is 0.120. The number of allylic oxidation sites excluding steroid dienone is 1. The SMILES string of the molecule is COc1ccccc1NC(=O)C1=C(C)Nc2nc(-c3cccc(Cl)c3)nn2C1c1ccncc1. The summed E-state index contributed by atoms with van der Waals surface area (Å²) < 4.78 is 7.12. The van der Waals surface area contributed by atoms with Crippen LogP contribution in [0.15, 0.2) is 84.3 Å². The summed E-state index contributed by atoms with van der Waals surface area (Å²) in [5.41, 5.74) is 3.39. The Morgan fingerprint density at radius 3 is 2.68 bits per heavy atom. The largest absolute Gasteiger partial charge is 0.495 e. The van der Waals surface area contributed by atoms with E-state index in [4.69, 9.17) is 21.4 Å². The lowest BCUT2D eigenvalue weighted by molar-refractivity contribution is -0.113. The van der Waals surface area contributed by atoms with Crippen molar-refractivity contribution in [3.63, 3.8) is 0 Å². The number of halogens is 1. The van der Waals surface area contributed by atoms with Crippen molar-refractivity contribution >= 4 is 29.1 Å². The molecule has 0 saturated carbocycles. The number of amides is 1. The van der Waals surface area contributed by atoms with E-state index in [0.29, 0.717) is 39.5 Å². The van der Waals surface area contributed by atoms with Crippen LogP contribution < -0.4 is 15.4 Å². The third kappa shape index (κ3) is 3.99. The van der Waals surface area contributed by atoms with Gasteiger partial charge in [0.05, 0.1) is 18.4 Å². The van der Waals surface area contributed by atoms with Crippen molar-refractivity contribution in [1.29, 1.82) is 0 Å². The van der Waals surface area contributed by atoms with E-state index in [1.807, 2.05) is 43.3 Å². The highest BCUT2D eigenvalue weighted by Crippen LogP contribution is 2.37. The van der Waals surface area contributed by atoms with Gasteiger partial charge in [-0.15, -0.1) is 5.10 Å². The quantitative estimate of drug-likeness (QED) is 0.427. The summed E-state index contributed by atoms with van der Waals surface area (Å²) in [5.74, 6) is 1.33. The van der Waals surface area contributed by atoms with E-state index in [1.165, 1.54) is 0 Å². The number of ether oxygens (including phenoxy) is 1. The highest BCUT2D eigenvalue weighted by atomic mass is 35.5. The Balaban J connectivity index is 1.59. The van der Waals surface area contributed by atoms with Gasteiger partial charge in [-0.25, -0.2) is 4.68 Å². The first-order chi connectivity index (χ1) is 16.5. The fourth-order valence-electron chi connectivity index (χ4n) is 3.99. The molecule has 0 saturated heterocycles. The smallest absolute Gasteiger partial charge is 0.255 e. The minimum Gasteiger partial charge on any atom is -0.495 e. The summed E-state index contributed by atoms with van der Waals surface area (Å²) in [5, 5.41) is 11.6. The van der Waals surface area contributed by atoms with Crippen LogP contribution in [0.2, 0.25) is 5.02 Å². The number of nitrogens with zero attached hydrogens (tertiary/aromatic N) is 4. The summed E-state index contributed by atoms with van der Waals surface area (Å²) in [4.78, 5) is 22.4. The molecule has 0 fully saturated rings. The zero-order valence-electron chi connectivity index (χ0n) is 18.5. The topological polar surface area (TPSA) is 94.0 Å². The maximum absolute atomic E-state index is 13.6. The molecule has 2 aromatic heterocycles. The molecule has 0 spiro atoms. The van der Waals surface area contributed by atoms with Crippen molar-refractivity contribution in [2.75, 3.05) is 17.7 Å². The van der Waals surface area contributed by atoms with Gasteiger partial charge in [-0.05, 0) is 48.9 Å². The van der Waals surface area contributed by atoms with Crippen LogP contribution in [0.1, 0.15) is 18.5 Å². The molecule has 3 heterocycles. The number of aromatic nitrogens is 4. The van der Waals surface area contributed by atoms with Gasteiger partial charge in [0, 0.05) is 28.7 Å². The number of carbonyl (C=O) groups is 1. The maximum atomic E-state index is 13.6. The molecule has 0 aliphatic carbocycles. The van der Waals surface area contributed by atoms with Crippen LogP contribution in [-0.4, -0.2) is 32.8 Å². The second-order valence-electron chi connectivity index (χ2n) is 7.72. The van der Waals surface area contributed by atoms with Crippen molar-refractivity contribution in [3.8, 4) is 17.1 Å². The zero-order chi connectivity index (χ0) is 23.7. The van der Waals surface area contributed by atoms with Gasteiger partial charge in [-0.1, -0.05) is 35.9 Å². The van der Waals surface area contributed by atoms with Crippen LogP contribution in [0.5, 0.6) is 5.75 Å². The number of hydrogen-bond acceptors (Lipinski definition) is 6. The average molecular weight is 473 g/mol. The maximum Gasteiger partial charge on any atom is 0.255 e. The third-order valence-electron chi connectivity index (χ3n) is 5.56. The minimum absolute atomic E-state index is 0.276. The number of fused-ring (bicyclic) bond motifs is 1. The van der Waals surface area contributed by atoms with Gasteiger partial charge in [0.1, 0.15) is 11.8 Å². The fourth-order valence-corrected chi connectivity index (χ4v) is 4.18. The molecule has 34 heavy (non-hydrogen) atoms. The molecular formula is C25H21ClN6O2. The second-order valence-corrected chi connectivity index (χ2v) is 8.15. The molecule has 1 aliphatic rings. The zero-order valence-corrected chi connectivity index (χ0v) is 19.2. The normalized spacial score (nSPS) is 14.9. The molecule has 2 N–H and O–H groups in total. The Kier molecular flexibility index (Phi) is 5.73. The third-order valence-corrected chi connectivity index (χ3v) is 5.79. The second kappa shape index (κ2) is 8.99. The van der Waals surface area contributed by atoms with E-state index in [9.17, 15) is 4.79 Å². The number of anilines is 2. The molecule has 1 unspecified atom stereocenters. The standard InChI is InChI=1S/C25H21ClN6O2/c1-15-21(24(33)29-19-8-3-4-9-20(19)34-2)22(16-10-12-27-13-11-16)32-25(28-15)30-23(31-32)17-6-5-7-18(26)14-17/h3-14,22H,1-2H3,(H,29,33)(H,28,30,31). The highest BCUT2D eigenvalue weighted by molar-refractivity contribution is 6.30. The van der Waals surface area contributed by atoms with Gasteiger partial charge in [0.2, 0.25) is 5.95 Å². The summed E-state index contributed by atoms with van der Waals surface area (Å²) in [6, 6.07) is 17.8. The average Bonchev–Trinajstić information content (AvgIpc) is 3.27. The lowest BCUT2D eigenvalue weighted by atomic mass is 9.96. The summed E-state index contributed by atoms with van der Waals surface area (Å²) in [6.45, 7) is 1.85. The van der Waals surface area contributed by atoms with Crippen molar-refractivity contribution < 1.29 is 9.53 Å². The van der Waals surface area contributed by atoms with Gasteiger partial charge in [0.25, 0.3) is 5.91 Å². The Hall–Kier alpha value is -4.17. The highest BCUT2D eigenvalue weighted by Gasteiger charge is 2.34. The number of carbonyl (C=O) groups excluding carboxylic acids is 1. The Labute approximate surface area is 201 Å². The van der Waals surface area contributed by atoms with E-state index in [1.54, 1.807) is 48.5 Å². The van der Waals surface area contributed by atoms with Crippen LogP contribution in [0.4, 0.5) is 11.6 Å². The van der Waals surface area contributed by atoms with E-state index < -0.39 is 6.04 Å². The van der Waals surface area contributed by atoms with E-state index in [0.717, 1.165) is 11.1 Å². The van der Waals surface area contributed by atoms with E-state index in [2.05, 4.69) is 20.6 Å². The Morgan fingerprint density at radius 2 is 1.91 bits per heavy atom. The molecule has 1 aliphatic heterocycles. The van der Waals surface area contributed by atoms with Gasteiger partial charge in [-0.2, -0.15) is 4.98 Å². The van der Waals surface area contributed by atoms with Crippen LogP contribution >= 0.6 is 11.6 Å². The summed E-state index contributed by atoms with van der Waals surface area (Å²) in [7, 11) is 1.57. The van der Waals surface area contributed by atoms with E-state index >= 15 is 0 Å². The van der Waals surface area contributed by atoms with Crippen LogP contribution in [0.25, 0.3) is 11.4 Å². The number of para-hydroxylation sites is 2. The van der Waals surface area contributed by atoms with Crippen molar-refractivity contribution in [2.45, 2.75) is 13.0 Å². The summed E-state index contributed by atoms with van der Waals surface area (Å²) in [6.07, 6.45) is 3.38. The molecular weight excluding hydrogens is 452 g/mol. The first-order valence-electron chi connectivity index (χ1n) is 10.6. The molecule has 1 amide bonds. The predicted molar refractivity (Wildman–Crippen MR) is 131 cm³/mol. The Bertz CT molecular complexity index is 1400. The molecule has 170 valence electrons. The molecule has 8 nitrogen and oxygen atoms in total. The van der Waals surface area contributed by atoms with Gasteiger partial charge in [-0.3, -0.25) is 9.78 Å². The van der Waals surface area contributed by atoms with Crippen molar-refractivity contribution in [3.05, 3.63) is 94.9 Å². The first kappa shape index (κ1) is 21.7. The van der Waals surface area contributed by atoms with Gasteiger partial charge < -0.3 is 15.4 Å². The number of benzene rings is 2. The number of pyridine rings is 1. The Morgan fingerprint density at radius 1 is 1.12 bits per heavy atom. The molecule has 0 radical (unpaired) electrons. The number of methoxy groups -OCH3 is 1.